The molecule has 0 N–H and O–H groups in total. The summed E-state index contributed by atoms with van der Waals surface area (Å²) in [5.41, 5.74) is 1.17. The van der Waals surface area contributed by atoms with Crippen molar-refractivity contribution >= 4 is 6.08 Å². The maximum atomic E-state index is 6.11. The van der Waals surface area contributed by atoms with Crippen molar-refractivity contribution in [2.75, 3.05) is 20.1 Å². The molecule has 17 heavy (non-hydrogen) atoms. The second-order valence-corrected chi connectivity index (χ2v) is 4.66. The molecule has 1 saturated heterocycles. The van der Waals surface area contributed by atoms with Crippen molar-refractivity contribution in [3.8, 4) is 5.75 Å². The van der Waals surface area contributed by atoms with E-state index in [1.165, 1.54) is 5.56 Å². The van der Waals surface area contributed by atoms with E-state index in [1.807, 2.05) is 13.0 Å². The Kier molecular flexibility index (Phi) is 4.21. The van der Waals surface area contributed by atoms with Gasteiger partial charge in [-0.15, -0.1) is 0 Å². The first-order chi connectivity index (χ1) is 8.29. The summed E-state index contributed by atoms with van der Waals surface area (Å²) in [6.07, 6.45) is 6.78. The number of para-hydroxylation sites is 1. The van der Waals surface area contributed by atoms with E-state index in [2.05, 4.69) is 42.3 Å². The van der Waals surface area contributed by atoms with E-state index in [0.717, 1.165) is 31.7 Å². The Morgan fingerprint density at radius 3 is 2.65 bits per heavy atom. The van der Waals surface area contributed by atoms with Crippen molar-refractivity contribution in [1.82, 2.24) is 4.90 Å². The molecule has 1 aliphatic heterocycles. The first-order valence-corrected chi connectivity index (χ1v) is 6.36. The summed E-state index contributed by atoms with van der Waals surface area (Å²) in [4.78, 5) is 2.36. The molecule has 0 amide bonds. The second-order valence-electron chi connectivity index (χ2n) is 4.66. The van der Waals surface area contributed by atoms with Crippen LogP contribution in [-0.4, -0.2) is 31.1 Å². The molecule has 1 fully saturated rings. The lowest BCUT2D eigenvalue weighted by atomic mass is 10.1. The molecular formula is C15H21NO. The Hall–Kier alpha value is -1.28. The summed E-state index contributed by atoms with van der Waals surface area (Å²) < 4.78 is 6.11. The van der Waals surface area contributed by atoms with Gasteiger partial charge in [0.1, 0.15) is 11.9 Å². The highest BCUT2D eigenvalue weighted by molar-refractivity contribution is 5.56. The van der Waals surface area contributed by atoms with Crippen LogP contribution >= 0.6 is 0 Å². The van der Waals surface area contributed by atoms with Crippen LogP contribution in [0.4, 0.5) is 0 Å². The van der Waals surface area contributed by atoms with Crippen molar-refractivity contribution in [1.29, 1.82) is 0 Å². The molecule has 1 aliphatic rings. The lowest BCUT2D eigenvalue weighted by molar-refractivity contribution is 0.114. The van der Waals surface area contributed by atoms with Crippen molar-refractivity contribution in [2.24, 2.45) is 0 Å². The van der Waals surface area contributed by atoms with Gasteiger partial charge >= 0.3 is 0 Å². The lowest BCUT2D eigenvalue weighted by Crippen LogP contribution is -2.35. The molecule has 2 nitrogen and oxygen atoms in total. The van der Waals surface area contributed by atoms with E-state index in [0.29, 0.717) is 6.10 Å². The van der Waals surface area contributed by atoms with Crippen LogP contribution in [0.5, 0.6) is 5.75 Å². The summed E-state index contributed by atoms with van der Waals surface area (Å²) >= 11 is 0. The SMILES string of the molecule is C/C=C/c1ccccc1OC1CCN(C)CC1. The molecule has 0 aromatic heterocycles. The van der Waals surface area contributed by atoms with Gasteiger partial charge in [-0.1, -0.05) is 30.4 Å². The zero-order valence-corrected chi connectivity index (χ0v) is 10.7. The average Bonchev–Trinajstić information content (AvgIpc) is 2.35. The Balaban J connectivity index is 2.03. The lowest BCUT2D eigenvalue weighted by Gasteiger charge is -2.29. The molecule has 0 unspecified atom stereocenters. The number of benzene rings is 1. The summed E-state index contributed by atoms with van der Waals surface area (Å²) in [7, 11) is 2.17. The van der Waals surface area contributed by atoms with Gasteiger partial charge in [0.15, 0.2) is 0 Å². The zero-order chi connectivity index (χ0) is 12.1. The molecule has 0 saturated carbocycles. The van der Waals surface area contributed by atoms with Crippen molar-refractivity contribution in [2.45, 2.75) is 25.9 Å². The van der Waals surface area contributed by atoms with Gasteiger partial charge in [0.25, 0.3) is 0 Å². The molecule has 0 atom stereocenters. The number of nitrogens with zero attached hydrogens (tertiary/aromatic N) is 1. The molecule has 1 heterocycles. The summed E-state index contributed by atoms with van der Waals surface area (Å²) in [6.45, 7) is 4.30. The third-order valence-electron chi connectivity index (χ3n) is 3.22. The molecular weight excluding hydrogens is 210 g/mol. The highest BCUT2D eigenvalue weighted by Crippen LogP contribution is 2.23. The molecule has 2 rings (SSSR count). The summed E-state index contributed by atoms with van der Waals surface area (Å²) in [6, 6.07) is 8.26. The normalized spacial score (nSPS) is 18.7. The quantitative estimate of drug-likeness (QED) is 0.792. The Bertz CT molecular complexity index is 378. The minimum absolute atomic E-state index is 0.373. The van der Waals surface area contributed by atoms with E-state index >= 15 is 0 Å². The molecule has 1 aromatic rings. The van der Waals surface area contributed by atoms with E-state index in [4.69, 9.17) is 4.74 Å². The second kappa shape index (κ2) is 5.87. The van der Waals surface area contributed by atoms with E-state index in [-0.39, 0.29) is 0 Å². The van der Waals surface area contributed by atoms with E-state index in [1.54, 1.807) is 0 Å². The number of likely N-dealkylation sites (tertiary alicyclic amines) is 1. The predicted octanol–water partition coefficient (Wildman–Crippen LogP) is 3.19. The standard InChI is InChI=1S/C15H21NO/c1-3-6-13-7-4-5-8-15(13)17-14-9-11-16(2)12-10-14/h3-8,14H,9-12H2,1-2H3/b6-3+. The fraction of sp³-hybridized carbons (Fsp3) is 0.467. The molecule has 0 spiro atoms. The number of ether oxygens (including phenoxy) is 1. The fourth-order valence-electron chi connectivity index (χ4n) is 2.19. The van der Waals surface area contributed by atoms with E-state index in [9.17, 15) is 0 Å². The number of allylic oxidation sites excluding steroid dienone is 1. The van der Waals surface area contributed by atoms with Gasteiger partial charge in [-0.3, -0.25) is 0 Å². The largest absolute Gasteiger partial charge is 0.490 e. The number of hydrogen-bond donors (Lipinski definition) is 0. The molecule has 0 bridgehead atoms. The van der Waals surface area contributed by atoms with E-state index < -0.39 is 0 Å². The third kappa shape index (κ3) is 3.34. The van der Waals surface area contributed by atoms with Crippen molar-refractivity contribution in [3.05, 3.63) is 35.9 Å². The highest BCUT2D eigenvalue weighted by Gasteiger charge is 2.18. The van der Waals surface area contributed by atoms with Crippen LogP contribution in [0.1, 0.15) is 25.3 Å². The zero-order valence-electron chi connectivity index (χ0n) is 10.7. The van der Waals surface area contributed by atoms with Crippen molar-refractivity contribution in [3.63, 3.8) is 0 Å². The van der Waals surface area contributed by atoms with Crippen LogP contribution in [0.15, 0.2) is 30.3 Å². The van der Waals surface area contributed by atoms with Gasteiger partial charge in [0.2, 0.25) is 0 Å². The van der Waals surface area contributed by atoms with Gasteiger partial charge < -0.3 is 9.64 Å². The van der Waals surface area contributed by atoms with Crippen LogP contribution in [0, 0.1) is 0 Å². The Morgan fingerprint density at radius 1 is 1.24 bits per heavy atom. The van der Waals surface area contributed by atoms with Crippen LogP contribution in [0.25, 0.3) is 6.08 Å². The number of piperidine rings is 1. The van der Waals surface area contributed by atoms with Gasteiger partial charge in [0, 0.05) is 18.7 Å². The van der Waals surface area contributed by atoms with Crippen LogP contribution in [0.2, 0.25) is 0 Å². The maximum Gasteiger partial charge on any atom is 0.126 e. The molecule has 2 heteroatoms. The molecule has 1 aromatic carbocycles. The highest BCUT2D eigenvalue weighted by atomic mass is 16.5. The van der Waals surface area contributed by atoms with Gasteiger partial charge in [-0.05, 0) is 32.9 Å². The third-order valence-corrected chi connectivity index (χ3v) is 3.22. The van der Waals surface area contributed by atoms with Crippen LogP contribution in [0.3, 0.4) is 0 Å². The first kappa shape index (κ1) is 12.2. The van der Waals surface area contributed by atoms with Crippen LogP contribution < -0.4 is 4.74 Å². The summed E-state index contributed by atoms with van der Waals surface area (Å²) in [5.74, 6) is 1.01. The van der Waals surface area contributed by atoms with Gasteiger partial charge in [-0.2, -0.15) is 0 Å². The molecule has 0 radical (unpaired) electrons. The monoisotopic (exact) mass is 231 g/mol. The molecule has 92 valence electrons. The summed E-state index contributed by atoms with van der Waals surface area (Å²) in [5, 5.41) is 0. The van der Waals surface area contributed by atoms with Gasteiger partial charge in [0.05, 0.1) is 0 Å². The number of rotatable bonds is 3. The Labute approximate surface area is 104 Å². The minimum Gasteiger partial charge on any atom is -0.490 e. The van der Waals surface area contributed by atoms with Crippen LogP contribution in [-0.2, 0) is 0 Å². The van der Waals surface area contributed by atoms with Crippen molar-refractivity contribution < 1.29 is 4.74 Å². The topological polar surface area (TPSA) is 12.5 Å². The smallest absolute Gasteiger partial charge is 0.126 e. The number of hydrogen-bond acceptors (Lipinski definition) is 2. The minimum atomic E-state index is 0.373. The van der Waals surface area contributed by atoms with Gasteiger partial charge in [-0.25, -0.2) is 0 Å². The molecule has 0 aliphatic carbocycles. The Morgan fingerprint density at radius 2 is 1.94 bits per heavy atom. The fourth-order valence-corrected chi connectivity index (χ4v) is 2.19. The predicted molar refractivity (Wildman–Crippen MR) is 72.3 cm³/mol. The first-order valence-electron chi connectivity index (χ1n) is 6.36. The average molecular weight is 231 g/mol. The maximum absolute atomic E-state index is 6.11.